The molecule has 8 heteroatoms. The number of rotatable bonds is 7. The third-order valence-electron chi connectivity index (χ3n) is 7.17. The van der Waals surface area contributed by atoms with Crippen LogP contribution in [-0.4, -0.2) is 52.6 Å². The van der Waals surface area contributed by atoms with E-state index in [2.05, 4.69) is 16.5 Å². The highest BCUT2D eigenvalue weighted by Crippen LogP contribution is 2.55. The number of methoxy groups -OCH3 is 1. The number of anilines is 1. The Kier molecular flexibility index (Phi) is 5.82. The molecule has 7 nitrogen and oxygen atoms in total. The number of hydrogen-bond donors (Lipinski definition) is 1. The van der Waals surface area contributed by atoms with Crippen molar-refractivity contribution >= 4 is 21.7 Å². The number of benzene rings is 2. The van der Waals surface area contributed by atoms with Gasteiger partial charge in [0.25, 0.3) is 10.0 Å². The van der Waals surface area contributed by atoms with E-state index < -0.39 is 16.0 Å². The molecule has 33 heavy (non-hydrogen) atoms. The summed E-state index contributed by atoms with van der Waals surface area (Å²) in [6.07, 6.45) is 2.79. The molecule has 2 aromatic rings. The molecule has 0 bridgehead atoms. The lowest BCUT2D eigenvalue weighted by molar-refractivity contribution is 0.0596. The second-order valence-corrected chi connectivity index (χ2v) is 10.9. The fourth-order valence-corrected chi connectivity index (χ4v) is 6.58. The number of hydrogen-bond acceptors (Lipinski definition) is 6. The molecule has 2 fully saturated rings. The summed E-state index contributed by atoms with van der Waals surface area (Å²) < 4.78 is 40.5. The van der Waals surface area contributed by atoms with Crippen molar-refractivity contribution in [1.82, 2.24) is 4.90 Å². The van der Waals surface area contributed by atoms with Crippen molar-refractivity contribution in [3.63, 3.8) is 0 Å². The van der Waals surface area contributed by atoms with E-state index in [0.717, 1.165) is 43.6 Å². The Morgan fingerprint density at radius 2 is 2.06 bits per heavy atom. The second kappa shape index (κ2) is 8.65. The molecule has 1 saturated carbocycles. The van der Waals surface area contributed by atoms with Gasteiger partial charge in [-0.2, -0.15) is 0 Å². The monoisotopic (exact) mass is 470 g/mol. The van der Waals surface area contributed by atoms with Crippen molar-refractivity contribution in [2.45, 2.75) is 37.0 Å². The number of likely N-dealkylation sites (tertiary alicyclic amines) is 1. The van der Waals surface area contributed by atoms with Gasteiger partial charge >= 0.3 is 5.97 Å². The number of ether oxygens (including phenoxy) is 2. The van der Waals surface area contributed by atoms with Crippen LogP contribution in [0.1, 0.15) is 47.2 Å². The van der Waals surface area contributed by atoms with Crippen LogP contribution in [0.3, 0.4) is 0 Å². The average molecular weight is 471 g/mol. The summed E-state index contributed by atoms with van der Waals surface area (Å²) >= 11 is 0. The van der Waals surface area contributed by atoms with Gasteiger partial charge in [-0.3, -0.25) is 4.72 Å². The Balaban J connectivity index is 1.46. The van der Waals surface area contributed by atoms with Crippen LogP contribution in [0.2, 0.25) is 0 Å². The Morgan fingerprint density at radius 1 is 1.24 bits per heavy atom. The number of carbonyl (C=O) groups excluding carboxylic acids is 1. The minimum atomic E-state index is -3.93. The van der Waals surface area contributed by atoms with Crippen LogP contribution in [0.5, 0.6) is 5.75 Å². The van der Waals surface area contributed by atoms with Crippen LogP contribution in [0.4, 0.5) is 5.69 Å². The molecule has 0 amide bonds. The van der Waals surface area contributed by atoms with Gasteiger partial charge < -0.3 is 14.4 Å². The molecule has 3 aliphatic rings. The molecule has 0 aromatic heterocycles. The summed E-state index contributed by atoms with van der Waals surface area (Å²) in [7, 11) is -2.63. The summed E-state index contributed by atoms with van der Waals surface area (Å²) in [5.41, 5.74) is 2.09. The first kappa shape index (κ1) is 22.2. The van der Waals surface area contributed by atoms with Gasteiger partial charge in [-0.1, -0.05) is 31.2 Å². The van der Waals surface area contributed by atoms with Gasteiger partial charge in [-0.25, -0.2) is 13.2 Å². The van der Waals surface area contributed by atoms with Crippen molar-refractivity contribution in [3.8, 4) is 5.75 Å². The molecular weight excluding hydrogens is 440 g/mol. The second-order valence-electron chi connectivity index (χ2n) is 9.28. The standard InChI is InChI=1S/C25H30N2O5S/c1-3-27-11-10-16(14-27)12-17-6-4-5-7-22(17)33(29,30)26-21-9-8-19-20-13-18(20)15-32-24(19)23(21)25(28)31-2/h4-9,16,18,20,26H,3,10-15H2,1-2H3/t16-,18-,20-/m0/s1. The molecule has 2 heterocycles. The zero-order chi connectivity index (χ0) is 23.2. The zero-order valence-electron chi connectivity index (χ0n) is 19.0. The normalized spacial score (nSPS) is 23.9. The smallest absolute Gasteiger partial charge is 0.343 e. The van der Waals surface area contributed by atoms with Crippen LogP contribution in [-0.2, 0) is 21.2 Å². The van der Waals surface area contributed by atoms with Gasteiger partial charge in [-0.15, -0.1) is 0 Å². The van der Waals surface area contributed by atoms with Gasteiger partial charge in [0.05, 0.1) is 24.3 Å². The predicted octanol–water partition coefficient (Wildman–Crippen LogP) is 3.65. The largest absolute Gasteiger partial charge is 0.492 e. The van der Waals surface area contributed by atoms with Crippen molar-refractivity contribution in [2.24, 2.45) is 11.8 Å². The molecule has 1 N–H and O–H groups in total. The molecule has 5 rings (SSSR count). The van der Waals surface area contributed by atoms with Crippen molar-refractivity contribution in [1.29, 1.82) is 0 Å². The minimum Gasteiger partial charge on any atom is -0.492 e. The number of esters is 1. The molecule has 176 valence electrons. The third-order valence-corrected chi connectivity index (χ3v) is 8.64. The number of nitrogens with zero attached hydrogens (tertiary/aromatic N) is 1. The van der Waals surface area contributed by atoms with E-state index in [9.17, 15) is 13.2 Å². The molecule has 0 radical (unpaired) electrons. The lowest BCUT2D eigenvalue weighted by Gasteiger charge is -2.22. The fraction of sp³-hybridized carbons (Fsp3) is 0.480. The predicted molar refractivity (Wildman–Crippen MR) is 125 cm³/mol. The third kappa shape index (κ3) is 4.22. The van der Waals surface area contributed by atoms with Crippen LogP contribution in [0.25, 0.3) is 0 Å². The van der Waals surface area contributed by atoms with E-state index in [1.807, 2.05) is 18.2 Å². The van der Waals surface area contributed by atoms with E-state index >= 15 is 0 Å². The van der Waals surface area contributed by atoms with Crippen molar-refractivity contribution in [3.05, 3.63) is 53.1 Å². The van der Waals surface area contributed by atoms with Gasteiger partial charge in [0.2, 0.25) is 0 Å². The average Bonchev–Trinajstić information content (AvgIpc) is 3.48. The van der Waals surface area contributed by atoms with E-state index in [4.69, 9.17) is 9.47 Å². The first-order chi connectivity index (χ1) is 15.9. The first-order valence-corrected chi connectivity index (χ1v) is 13.1. The van der Waals surface area contributed by atoms with E-state index in [1.54, 1.807) is 18.2 Å². The van der Waals surface area contributed by atoms with Crippen molar-refractivity contribution in [2.75, 3.05) is 38.1 Å². The highest BCUT2D eigenvalue weighted by Gasteiger charge is 2.45. The highest BCUT2D eigenvalue weighted by atomic mass is 32.2. The summed E-state index contributed by atoms with van der Waals surface area (Å²) in [5, 5.41) is 0. The molecule has 2 aliphatic heterocycles. The lowest BCUT2D eigenvalue weighted by atomic mass is 9.99. The van der Waals surface area contributed by atoms with Gasteiger partial charge in [0.15, 0.2) is 0 Å². The molecule has 1 aliphatic carbocycles. The fourth-order valence-electron chi connectivity index (χ4n) is 5.25. The van der Waals surface area contributed by atoms with Crippen molar-refractivity contribution < 1.29 is 22.7 Å². The lowest BCUT2D eigenvalue weighted by Crippen LogP contribution is -2.22. The van der Waals surface area contributed by atoms with Gasteiger partial charge in [0, 0.05) is 12.5 Å². The highest BCUT2D eigenvalue weighted by molar-refractivity contribution is 7.92. The molecular formula is C25H30N2O5S. The Labute approximate surface area is 195 Å². The van der Waals surface area contributed by atoms with Gasteiger partial charge in [-0.05, 0) is 67.4 Å². The summed E-state index contributed by atoms with van der Waals surface area (Å²) in [6, 6.07) is 10.6. The number of fused-ring (bicyclic) bond motifs is 3. The van der Waals surface area contributed by atoms with E-state index in [0.29, 0.717) is 36.5 Å². The minimum absolute atomic E-state index is 0.149. The molecule has 0 spiro atoms. The first-order valence-electron chi connectivity index (χ1n) is 11.6. The van der Waals surface area contributed by atoms with Crippen LogP contribution >= 0.6 is 0 Å². The maximum atomic E-state index is 13.5. The summed E-state index contributed by atoms with van der Waals surface area (Å²) in [5.74, 6) is 1.12. The number of carbonyl (C=O) groups is 1. The Hall–Kier alpha value is -2.58. The van der Waals surface area contributed by atoms with E-state index in [1.165, 1.54) is 7.11 Å². The van der Waals surface area contributed by atoms with Crippen LogP contribution < -0.4 is 9.46 Å². The van der Waals surface area contributed by atoms with Gasteiger partial charge in [0.1, 0.15) is 11.3 Å². The Bertz CT molecular complexity index is 1180. The molecule has 0 unspecified atom stereocenters. The number of sulfonamides is 1. The maximum Gasteiger partial charge on any atom is 0.343 e. The number of nitrogens with one attached hydrogen (secondary N) is 1. The van der Waals surface area contributed by atoms with Crippen LogP contribution in [0.15, 0.2) is 41.3 Å². The van der Waals surface area contributed by atoms with Crippen LogP contribution in [0, 0.1) is 11.8 Å². The van der Waals surface area contributed by atoms with E-state index in [-0.39, 0.29) is 16.1 Å². The summed E-state index contributed by atoms with van der Waals surface area (Å²) in [4.78, 5) is 15.3. The topological polar surface area (TPSA) is 84.9 Å². The summed E-state index contributed by atoms with van der Waals surface area (Å²) in [6.45, 7) is 5.73. The maximum absolute atomic E-state index is 13.5. The zero-order valence-corrected chi connectivity index (χ0v) is 19.9. The Morgan fingerprint density at radius 3 is 2.82 bits per heavy atom. The SMILES string of the molecule is CCN1CC[C@@H](Cc2ccccc2S(=O)(=O)Nc2ccc3c(c2C(=O)OC)OC[C@@H]2C[C@H]32)C1. The molecule has 2 aromatic carbocycles. The molecule has 3 atom stereocenters. The quantitative estimate of drug-likeness (QED) is 0.622. The molecule has 1 saturated heterocycles.